The molecule has 0 aromatic carbocycles. The van der Waals surface area contributed by atoms with Crippen LogP contribution in [0.1, 0.15) is 19.8 Å². The van der Waals surface area contributed by atoms with Crippen molar-refractivity contribution in [2.75, 3.05) is 0 Å². The number of hydrogen-bond acceptors (Lipinski definition) is 0. The van der Waals surface area contributed by atoms with E-state index in [1.54, 1.807) is 5.57 Å². The fraction of sp³-hybridized carbons (Fsp3) is 0.333. The second kappa shape index (κ2) is 3.14. The molecule has 2 aliphatic rings. The summed E-state index contributed by atoms with van der Waals surface area (Å²) < 4.78 is 0. The van der Waals surface area contributed by atoms with Crippen molar-refractivity contribution in [2.24, 2.45) is 5.92 Å². The van der Waals surface area contributed by atoms with Gasteiger partial charge in [0.25, 0.3) is 0 Å². The molecule has 0 heterocycles. The molecule has 0 amide bonds. The highest BCUT2D eigenvalue weighted by molar-refractivity contribution is 5.34. The molecular formula is C12H14. The molecule has 0 aliphatic heterocycles. The molecule has 0 saturated carbocycles. The zero-order chi connectivity index (χ0) is 8.39. The molecule has 1 atom stereocenters. The minimum Gasteiger partial charge on any atom is -0.0873 e. The van der Waals surface area contributed by atoms with Crippen LogP contribution >= 0.6 is 0 Å². The number of rotatable bonds is 0. The van der Waals surface area contributed by atoms with Crippen molar-refractivity contribution in [3.05, 3.63) is 47.6 Å². The molecule has 62 valence electrons. The van der Waals surface area contributed by atoms with E-state index < -0.39 is 0 Å². The topological polar surface area (TPSA) is 0 Å². The van der Waals surface area contributed by atoms with Crippen LogP contribution in [0.25, 0.3) is 0 Å². The molecule has 1 unspecified atom stereocenters. The van der Waals surface area contributed by atoms with Crippen LogP contribution in [0.5, 0.6) is 0 Å². The van der Waals surface area contributed by atoms with Gasteiger partial charge in [0.1, 0.15) is 0 Å². The Kier molecular flexibility index (Phi) is 1.99. The Hall–Kier alpha value is -1.04. The van der Waals surface area contributed by atoms with Gasteiger partial charge in [-0.1, -0.05) is 47.6 Å². The van der Waals surface area contributed by atoms with Crippen molar-refractivity contribution in [3.63, 3.8) is 0 Å². The summed E-state index contributed by atoms with van der Waals surface area (Å²) in [5, 5.41) is 0. The molecular weight excluding hydrogens is 144 g/mol. The van der Waals surface area contributed by atoms with Crippen molar-refractivity contribution in [1.82, 2.24) is 0 Å². The Labute approximate surface area is 74.0 Å². The Morgan fingerprint density at radius 2 is 2.17 bits per heavy atom. The van der Waals surface area contributed by atoms with Gasteiger partial charge in [-0.15, -0.1) is 0 Å². The van der Waals surface area contributed by atoms with Gasteiger partial charge < -0.3 is 0 Å². The average Bonchev–Trinajstić information content (AvgIpc) is 2.29. The molecule has 0 nitrogen and oxygen atoms in total. The summed E-state index contributed by atoms with van der Waals surface area (Å²) in [6.07, 6.45) is 15.9. The monoisotopic (exact) mass is 158 g/mol. The highest BCUT2D eigenvalue weighted by Gasteiger charge is 2.12. The summed E-state index contributed by atoms with van der Waals surface area (Å²) in [6, 6.07) is 0. The maximum Gasteiger partial charge on any atom is 0.00207 e. The summed E-state index contributed by atoms with van der Waals surface area (Å²) in [5.74, 6) is 0.670. The maximum absolute atomic E-state index is 2.33. The summed E-state index contributed by atoms with van der Waals surface area (Å²) >= 11 is 0. The Balaban J connectivity index is 2.31. The normalized spacial score (nSPS) is 27.2. The van der Waals surface area contributed by atoms with Gasteiger partial charge in [0.15, 0.2) is 0 Å². The van der Waals surface area contributed by atoms with Crippen LogP contribution in [0.4, 0.5) is 0 Å². The van der Waals surface area contributed by atoms with E-state index in [9.17, 15) is 0 Å². The van der Waals surface area contributed by atoms with Crippen molar-refractivity contribution in [3.8, 4) is 0 Å². The van der Waals surface area contributed by atoms with E-state index in [0.717, 1.165) is 6.42 Å². The lowest BCUT2D eigenvalue weighted by Gasteiger charge is -2.16. The van der Waals surface area contributed by atoms with Gasteiger partial charge in [-0.05, 0) is 19.8 Å². The van der Waals surface area contributed by atoms with E-state index in [2.05, 4.69) is 43.4 Å². The molecule has 0 spiro atoms. The molecule has 0 aromatic heterocycles. The predicted molar refractivity (Wildman–Crippen MR) is 52.8 cm³/mol. The summed E-state index contributed by atoms with van der Waals surface area (Å²) in [6.45, 7) is 2.15. The van der Waals surface area contributed by atoms with Crippen LogP contribution in [0.2, 0.25) is 0 Å². The lowest BCUT2D eigenvalue weighted by Crippen LogP contribution is -2.02. The van der Waals surface area contributed by atoms with Gasteiger partial charge in [0.05, 0.1) is 0 Å². The van der Waals surface area contributed by atoms with Crippen LogP contribution in [-0.2, 0) is 0 Å². The quantitative estimate of drug-likeness (QED) is 0.474. The molecule has 2 rings (SSSR count). The Morgan fingerprint density at radius 3 is 3.08 bits per heavy atom. The molecule has 0 radical (unpaired) electrons. The fourth-order valence-corrected chi connectivity index (χ4v) is 1.72. The van der Waals surface area contributed by atoms with Gasteiger partial charge >= 0.3 is 0 Å². The molecule has 2 aliphatic carbocycles. The van der Waals surface area contributed by atoms with E-state index in [4.69, 9.17) is 0 Å². The molecule has 0 aromatic rings. The van der Waals surface area contributed by atoms with Crippen molar-refractivity contribution in [2.45, 2.75) is 19.8 Å². The van der Waals surface area contributed by atoms with Crippen LogP contribution in [0.15, 0.2) is 47.6 Å². The van der Waals surface area contributed by atoms with Gasteiger partial charge in [0, 0.05) is 5.92 Å². The molecule has 0 saturated heterocycles. The molecule has 0 fully saturated rings. The van der Waals surface area contributed by atoms with E-state index in [1.165, 1.54) is 12.0 Å². The number of hydrogen-bond donors (Lipinski definition) is 0. The van der Waals surface area contributed by atoms with Crippen molar-refractivity contribution >= 4 is 0 Å². The van der Waals surface area contributed by atoms with Gasteiger partial charge in [0.2, 0.25) is 0 Å². The summed E-state index contributed by atoms with van der Waals surface area (Å²) in [5.41, 5.74) is 2.92. The third-order valence-corrected chi connectivity index (χ3v) is 2.54. The predicted octanol–water partition coefficient (Wildman–Crippen LogP) is 3.40. The van der Waals surface area contributed by atoms with Crippen LogP contribution in [-0.4, -0.2) is 0 Å². The van der Waals surface area contributed by atoms with Crippen molar-refractivity contribution in [1.29, 1.82) is 0 Å². The van der Waals surface area contributed by atoms with E-state index >= 15 is 0 Å². The highest BCUT2D eigenvalue weighted by Crippen LogP contribution is 2.28. The van der Waals surface area contributed by atoms with E-state index in [-0.39, 0.29) is 0 Å². The molecule has 0 bridgehead atoms. The second-order valence-corrected chi connectivity index (χ2v) is 3.53. The third kappa shape index (κ3) is 1.42. The summed E-state index contributed by atoms with van der Waals surface area (Å²) in [4.78, 5) is 0. The lowest BCUT2D eigenvalue weighted by atomic mass is 9.89. The molecule has 12 heavy (non-hydrogen) atoms. The van der Waals surface area contributed by atoms with Crippen molar-refractivity contribution < 1.29 is 0 Å². The van der Waals surface area contributed by atoms with Gasteiger partial charge in [-0.25, -0.2) is 0 Å². The summed E-state index contributed by atoms with van der Waals surface area (Å²) in [7, 11) is 0. The second-order valence-electron chi connectivity index (χ2n) is 3.53. The third-order valence-electron chi connectivity index (χ3n) is 2.54. The molecule has 0 heteroatoms. The Morgan fingerprint density at radius 1 is 1.25 bits per heavy atom. The standard InChI is InChI=1S/C12H14/c1-10-6-8-11-4-2-3-5-12(11)9-7-10/h2-3,6-9,11H,4-5H2,1H3. The fourth-order valence-electron chi connectivity index (χ4n) is 1.72. The number of fused-ring (bicyclic) bond motifs is 1. The number of allylic oxidation sites excluding steroid dienone is 8. The van der Waals surface area contributed by atoms with E-state index in [1.807, 2.05) is 0 Å². The smallest absolute Gasteiger partial charge is 0.00207 e. The van der Waals surface area contributed by atoms with Crippen LogP contribution in [0.3, 0.4) is 0 Å². The lowest BCUT2D eigenvalue weighted by molar-refractivity contribution is 0.730. The molecule has 0 N–H and O–H groups in total. The van der Waals surface area contributed by atoms with Crippen LogP contribution < -0.4 is 0 Å². The first kappa shape index (κ1) is 7.60. The first-order chi connectivity index (χ1) is 5.86. The largest absolute Gasteiger partial charge is 0.0873 e. The minimum atomic E-state index is 0.670. The maximum atomic E-state index is 2.33. The highest BCUT2D eigenvalue weighted by atomic mass is 14.2. The zero-order valence-electron chi connectivity index (χ0n) is 7.46. The zero-order valence-corrected chi connectivity index (χ0v) is 7.46. The van der Waals surface area contributed by atoms with Gasteiger partial charge in [-0.3, -0.25) is 0 Å². The van der Waals surface area contributed by atoms with E-state index in [0.29, 0.717) is 5.92 Å². The van der Waals surface area contributed by atoms with Gasteiger partial charge in [-0.2, -0.15) is 0 Å². The first-order valence-corrected chi connectivity index (χ1v) is 4.57. The SMILES string of the molecule is CC1=CC=C2CC=CCC2C=C1. The van der Waals surface area contributed by atoms with Crippen LogP contribution in [0, 0.1) is 5.92 Å². The average molecular weight is 158 g/mol. The minimum absolute atomic E-state index is 0.670. The first-order valence-electron chi connectivity index (χ1n) is 4.57. The Bertz CT molecular complexity index is 287.